The Labute approximate surface area is 169 Å². The fourth-order valence-corrected chi connectivity index (χ4v) is 3.71. The molecule has 1 aliphatic rings. The minimum atomic E-state index is 0.106. The SMILES string of the molecule is COc1cc(C=NN2CCN(Cc3ccc(C)cc3C)CC2)cc(Br)c1O. The van der Waals surface area contributed by atoms with Crippen LogP contribution in [0.2, 0.25) is 0 Å². The molecule has 0 aromatic heterocycles. The van der Waals surface area contributed by atoms with E-state index in [1.165, 1.54) is 23.8 Å². The first-order chi connectivity index (χ1) is 13.0. The molecule has 0 bridgehead atoms. The van der Waals surface area contributed by atoms with Crippen molar-refractivity contribution in [2.24, 2.45) is 5.10 Å². The van der Waals surface area contributed by atoms with Crippen LogP contribution in [0.15, 0.2) is 39.9 Å². The molecule has 0 radical (unpaired) electrons. The predicted molar refractivity (Wildman–Crippen MR) is 113 cm³/mol. The summed E-state index contributed by atoms with van der Waals surface area (Å²) in [6.45, 7) is 9.10. The van der Waals surface area contributed by atoms with E-state index in [4.69, 9.17) is 4.74 Å². The third-order valence-corrected chi connectivity index (χ3v) is 5.49. The number of ether oxygens (including phenoxy) is 1. The molecule has 0 aliphatic carbocycles. The molecular formula is C21H26BrN3O2. The number of hydrazone groups is 1. The Morgan fingerprint density at radius 2 is 1.89 bits per heavy atom. The topological polar surface area (TPSA) is 48.3 Å². The Morgan fingerprint density at radius 3 is 2.56 bits per heavy atom. The van der Waals surface area contributed by atoms with E-state index in [9.17, 15) is 5.11 Å². The van der Waals surface area contributed by atoms with Gasteiger partial charge >= 0.3 is 0 Å². The van der Waals surface area contributed by atoms with Gasteiger partial charge in [-0.05, 0) is 58.6 Å². The highest BCUT2D eigenvalue weighted by molar-refractivity contribution is 9.10. The summed E-state index contributed by atoms with van der Waals surface area (Å²) < 4.78 is 5.78. The summed E-state index contributed by atoms with van der Waals surface area (Å²) in [5.74, 6) is 0.541. The summed E-state index contributed by atoms with van der Waals surface area (Å²) in [6.07, 6.45) is 1.81. The molecule has 27 heavy (non-hydrogen) atoms. The molecule has 1 aliphatic heterocycles. The average Bonchev–Trinajstić information content (AvgIpc) is 2.66. The number of nitrogens with zero attached hydrogens (tertiary/aromatic N) is 3. The second kappa shape index (κ2) is 8.76. The Kier molecular flexibility index (Phi) is 6.39. The highest BCUT2D eigenvalue weighted by Crippen LogP contribution is 2.34. The second-order valence-electron chi connectivity index (χ2n) is 6.96. The molecule has 2 aromatic rings. The van der Waals surface area contributed by atoms with Crippen LogP contribution in [0.25, 0.3) is 0 Å². The van der Waals surface area contributed by atoms with Crippen LogP contribution in [0.4, 0.5) is 0 Å². The lowest BCUT2D eigenvalue weighted by atomic mass is 10.1. The van der Waals surface area contributed by atoms with Crippen LogP contribution in [0.5, 0.6) is 11.5 Å². The van der Waals surface area contributed by atoms with Crippen molar-refractivity contribution in [2.75, 3.05) is 33.3 Å². The Hall–Kier alpha value is -2.05. The third-order valence-electron chi connectivity index (χ3n) is 4.88. The molecule has 1 saturated heterocycles. The molecule has 1 heterocycles. The number of aryl methyl sites for hydroxylation is 2. The molecule has 2 aromatic carbocycles. The van der Waals surface area contributed by atoms with E-state index >= 15 is 0 Å². The van der Waals surface area contributed by atoms with Crippen LogP contribution < -0.4 is 4.74 Å². The molecule has 0 unspecified atom stereocenters. The van der Waals surface area contributed by atoms with E-state index in [-0.39, 0.29) is 5.75 Å². The number of benzene rings is 2. The van der Waals surface area contributed by atoms with Crippen molar-refractivity contribution < 1.29 is 9.84 Å². The Balaban J connectivity index is 1.56. The van der Waals surface area contributed by atoms with Gasteiger partial charge in [0.25, 0.3) is 0 Å². The Bertz CT molecular complexity index is 830. The highest BCUT2D eigenvalue weighted by atomic mass is 79.9. The summed E-state index contributed by atoms with van der Waals surface area (Å²) >= 11 is 3.34. The number of hydrogen-bond donors (Lipinski definition) is 1. The monoisotopic (exact) mass is 431 g/mol. The van der Waals surface area contributed by atoms with Gasteiger partial charge < -0.3 is 9.84 Å². The number of aromatic hydroxyl groups is 1. The van der Waals surface area contributed by atoms with Crippen molar-refractivity contribution in [1.82, 2.24) is 9.91 Å². The minimum Gasteiger partial charge on any atom is -0.503 e. The van der Waals surface area contributed by atoms with Crippen LogP contribution in [-0.2, 0) is 6.54 Å². The van der Waals surface area contributed by atoms with Gasteiger partial charge in [0.05, 0.1) is 17.8 Å². The average molecular weight is 432 g/mol. The standard InChI is InChI=1S/C21H26BrN3O2/c1-15-4-5-18(16(2)10-15)14-24-6-8-25(9-7-24)23-13-17-11-19(22)21(26)20(12-17)27-3/h4-5,10-13,26H,6-9,14H2,1-3H3. The van der Waals surface area contributed by atoms with Gasteiger partial charge in [-0.15, -0.1) is 0 Å². The van der Waals surface area contributed by atoms with Crippen molar-refractivity contribution >= 4 is 22.1 Å². The lowest BCUT2D eigenvalue weighted by molar-refractivity contribution is 0.131. The number of halogens is 1. The van der Waals surface area contributed by atoms with Crippen molar-refractivity contribution in [3.05, 3.63) is 57.1 Å². The zero-order valence-electron chi connectivity index (χ0n) is 16.1. The van der Waals surface area contributed by atoms with Crippen molar-refractivity contribution in [1.29, 1.82) is 0 Å². The Morgan fingerprint density at radius 1 is 1.15 bits per heavy atom. The van der Waals surface area contributed by atoms with Crippen molar-refractivity contribution in [3.63, 3.8) is 0 Å². The number of methoxy groups -OCH3 is 1. The normalized spacial score (nSPS) is 15.5. The summed E-state index contributed by atoms with van der Waals surface area (Å²) in [7, 11) is 1.54. The number of rotatable bonds is 5. The van der Waals surface area contributed by atoms with Crippen molar-refractivity contribution in [3.8, 4) is 11.5 Å². The maximum absolute atomic E-state index is 9.89. The fourth-order valence-electron chi connectivity index (χ4n) is 3.25. The lowest BCUT2D eigenvalue weighted by Crippen LogP contribution is -2.43. The lowest BCUT2D eigenvalue weighted by Gasteiger charge is -2.33. The van der Waals surface area contributed by atoms with Gasteiger partial charge in [0.1, 0.15) is 0 Å². The largest absolute Gasteiger partial charge is 0.503 e. The summed E-state index contributed by atoms with van der Waals surface area (Å²) in [6, 6.07) is 10.3. The van der Waals surface area contributed by atoms with E-state index in [1.54, 1.807) is 6.07 Å². The molecule has 0 spiro atoms. The number of phenolic OH excluding ortho intramolecular Hbond substituents is 1. The zero-order valence-corrected chi connectivity index (χ0v) is 17.7. The first-order valence-electron chi connectivity index (χ1n) is 9.10. The van der Waals surface area contributed by atoms with Crippen LogP contribution >= 0.6 is 15.9 Å². The van der Waals surface area contributed by atoms with E-state index in [1.807, 2.05) is 12.3 Å². The molecule has 6 heteroatoms. The molecule has 144 valence electrons. The molecular weight excluding hydrogens is 406 g/mol. The molecule has 3 rings (SSSR count). The third kappa shape index (κ3) is 5.02. The maximum atomic E-state index is 9.89. The van der Waals surface area contributed by atoms with E-state index in [0.29, 0.717) is 10.2 Å². The van der Waals surface area contributed by atoms with Gasteiger partial charge in [0.2, 0.25) is 0 Å². The predicted octanol–water partition coefficient (Wildman–Crippen LogP) is 3.93. The van der Waals surface area contributed by atoms with Crippen LogP contribution in [0, 0.1) is 13.8 Å². The molecule has 0 atom stereocenters. The van der Waals surface area contributed by atoms with Crippen LogP contribution in [0.3, 0.4) is 0 Å². The van der Waals surface area contributed by atoms with Gasteiger partial charge in [-0.3, -0.25) is 9.91 Å². The van der Waals surface area contributed by atoms with Crippen molar-refractivity contribution in [2.45, 2.75) is 20.4 Å². The van der Waals surface area contributed by atoms with E-state index in [2.05, 4.69) is 63.0 Å². The smallest absolute Gasteiger partial charge is 0.172 e. The molecule has 1 N–H and O–H groups in total. The first-order valence-corrected chi connectivity index (χ1v) is 9.89. The molecule has 0 saturated carbocycles. The first kappa shape index (κ1) is 19.7. The highest BCUT2D eigenvalue weighted by Gasteiger charge is 2.16. The van der Waals surface area contributed by atoms with Gasteiger partial charge in [0, 0.05) is 32.7 Å². The molecule has 5 nitrogen and oxygen atoms in total. The van der Waals surface area contributed by atoms with Crippen LogP contribution in [0.1, 0.15) is 22.3 Å². The second-order valence-corrected chi connectivity index (χ2v) is 7.81. The van der Waals surface area contributed by atoms with Crippen LogP contribution in [-0.4, -0.2) is 54.5 Å². The summed E-state index contributed by atoms with van der Waals surface area (Å²) in [5, 5.41) is 16.6. The molecule has 0 amide bonds. The number of hydrogen-bond acceptors (Lipinski definition) is 5. The zero-order chi connectivity index (χ0) is 19.4. The van der Waals surface area contributed by atoms with Gasteiger partial charge in [-0.2, -0.15) is 5.10 Å². The quantitative estimate of drug-likeness (QED) is 0.728. The maximum Gasteiger partial charge on any atom is 0.172 e. The summed E-state index contributed by atoms with van der Waals surface area (Å²) in [5.41, 5.74) is 4.96. The number of piperazine rings is 1. The van der Waals surface area contributed by atoms with E-state index < -0.39 is 0 Å². The minimum absolute atomic E-state index is 0.106. The summed E-state index contributed by atoms with van der Waals surface area (Å²) in [4.78, 5) is 2.48. The van der Waals surface area contributed by atoms with Gasteiger partial charge in [0.15, 0.2) is 11.5 Å². The fraction of sp³-hybridized carbons (Fsp3) is 0.381. The molecule has 1 fully saturated rings. The number of phenols is 1. The van der Waals surface area contributed by atoms with E-state index in [0.717, 1.165) is 38.3 Å². The van der Waals surface area contributed by atoms with Gasteiger partial charge in [-0.1, -0.05) is 23.8 Å². The van der Waals surface area contributed by atoms with Gasteiger partial charge in [-0.25, -0.2) is 0 Å².